The number of hydrogen-bond acceptors (Lipinski definition) is 4. The topological polar surface area (TPSA) is 65.4 Å². The van der Waals surface area contributed by atoms with Crippen molar-refractivity contribution < 1.29 is 25.8 Å². The van der Waals surface area contributed by atoms with Gasteiger partial charge in [0.05, 0.1) is 6.54 Å². The van der Waals surface area contributed by atoms with Crippen molar-refractivity contribution in [1.82, 2.24) is 4.57 Å². The Morgan fingerprint density at radius 3 is 2.36 bits per heavy atom. The minimum absolute atomic E-state index is 0.174. The highest BCUT2D eigenvalue weighted by molar-refractivity contribution is 7.88. The molecule has 0 unspecified atom stereocenters. The van der Waals surface area contributed by atoms with E-state index in [0.717, 1.165) is 30.0 Å². The molecular weight excluding hydrogens is 395 g/mol. The monoisotopic (exact) mass is 411 g/mol. The molecule has 5 nitrogen and oxygen atoms in total. The summed E-state index contributed by atoms with van der Waals surface area (Å²) >= 11 is 0. The minimum atomic E-state index is -5.83. The summed E-state index contributed by atoms with van der Waals surface area (Å²) in [6.07, 6.45) is 2.27. The van der Waals surface area contributed by atoms with Gasteiger partial charge in [-0.2, -0.15) is 21.6 Å². The maximum Gasteiger partial charge on any atom is 0.534 e. The third-order valence-corrected chi connectivity index (χ3v) is 5.07. The van der Waals surface area contributed by atoms with Gasteiger partial charge in [-0.1, -0.05) is 24.0 Å². The van der Waals surface area contributed by atoms with Crippen molar-refractivity contribution in [3.63, 3.8) is 0 Å². The van der Waals surface area contributed by atoms with Crippen molar-refractivity contribution >= 4 is 10.1 Å². The number of nitrogens with zero attached hydrogens (tertiary/aromatic N) is 1. The fraction of sp³-hybridized carbons (Fsp3) is 0.316. The summed E-state index contributed by atoms with van der Waals surface area (Å²) in [5.41, 5.74) is -4.33. The van der Waals surface area contributed by atoms with Gasteiger partial charge >= 0.3 is 15.6 Å². The predicted octanol–water partition coefficient (Wildman–Crippen LogP) is 3.19. The number of aromatic nitrogens is 1. The fourth-order valence-corrected chi connectivity index (χ4v) is 2.86. The number of rotatable bonds is 4. The molecule has 0 N–H and O–H groups in total. The molecule has 1 fully saturated rings. The number of aryl methyl sites for hydroxylation is 1. The summed E-state index contributed by atoms with van der Waals surface area (Å²) in [6, 6.07) is 9.06. The molecule has 28 heavy (non-hydrogen) atoms. The van der Waals surface area contributed by atoms with E-state index in [1.807, 2.05) is 12.1 Å². The summed E-state index contributed by atoms with van der Waals surface area (Å²) in [5, 5.41) is 0. The zero-order chi connectivity index (χ0) is 20.5. The van der Waals surface area contributed by atoms with Crippen LogP contribution in [0, 0.1) is 24.7 Å². The summed E-state index contributed by atoms with van der Waals surface area (Å²) in [5.74, 6) is 6.04. The Kier molecular flexibility index (Phi) is 5.26. The van der Waals surface area contributed by atoms with Gasteiger partial charge in [0.2, 0.25) is 0 Å². The zero-order valence-corrected chi connectivity index (χ0v) is 15.6. The normalized spacial score (nSPS) is 14.3. The van der Waals surface area contributed by atoms with E-state index in [4.69, 9.17) is 0 Å². The maximum absolute atomic E-state index is 12.4. The highest BCUT2D eigenvalue weighted by Gasteiger charge is 2.48. The average molecular weight is 411 g/mol. The number of alkyl halides is 3. The molecule has 1 heterocycles. The van der Waals surface area contributed by atoms with E-state index < -0.39 is 26.9 Å². The van der Waals surface area contributed by atoms with E-state index in [-0.39, 0.29) is 12.2 Å². The van der Waals surface area contributed by atoms with Crippen LogP contribution in [0.4, 0.5) is 13.2 Å². The molecule has 0 saturated heterocycles. The van der Waals surface area contributed by atoms with Crippen LogP contribution in [0.5, 0.6) is 5.75 Å². The second kappa shape index (κ2) is 7.36. The Bertz CT molecular complexity index is 1100. The summed E-state index contributed by atoms with van der Waals surface area (Å²) < 4.78 is 64.7. The number of halogens is 3. The number of hydrogen-bond donors (Lipinski definition) is 0. The van der Waals surface area contributed by atoms with E-state index in [1.54, 1.807) is 12.1 Å². The maximum atomic E-state index is 12.4. The molecule has 0 bridgehead atoms. The molecule has 0 amide bonds. The molecule has 9 heteroatoms. The molecule has 1 aromatic heterocycles. The van der Waals surface area contributed by atoms with Crippen LogP contribution in [0.2, 0.25) is 0 Å². The smallest absolute Gasteiger partial charge is 0.376 e. The van der Waals surface area contributed by atoms with Gasteiger partial charge in [0, 0.05) is 29.3 Å². The molecule has 2 aromatic rings. The van der Waals surface area contributed by atoms with Crippen molar-refractivity contribution in [3.8, 4) is 17.6 Å². The number of pyridine rings is 1. The van der Waals surface area contributed by atoms with Crippen LogP contribution in [0.25, 0.3) is 0 Å². The van der Waals surface area contributed by atoms with Crippen molar-refractivity contribution in [2.75, 3.05) is 0 Å². The van der Waals surface area contributed by atoms with E-state index in [9.17, 15) is 26.4 Å². The highest BCUT2D eigenvalue weighted by atomic mass is 32.2. The van der Waals surface area contributed by atoms with Crippen molar-refractivity contribution in [3.05, 3.63) is 63.6 Å². The van der Waals surface area contributed by atoms with Gasteiger partial charge in [-0.25, -0.2) is 0 Å². The molecule has 148 valence electrons. The fourth-order valence-electron chi connectivity index (χ4n) is 2.41. The summed E-state index contributed by atoms with van der Waals surface area (Å²) in [7, 11) is -5.83. The molecular formula is C19H16F3NO4S. The average Bonchev–Trinajstić information content (AvgIpc) is 3.40. The second-order valence-electron chi connectivity index (χ2n) is 6.48. The first kappa shape index (κ1) is 20.0. The van der Waals surface area contributed by atoms with Crippen LogP contribution in [-0.4, -0.2) is 18.5 Å². The van der Waals surface area contributed by atoms with E-state index in [0.29, 0.717) is 12.0 Å². The van der Waals surface area contributed by atoms with E-state index >= 15 is 0 Å². The van der Waals surface area contributed by atoms with Crippen LogP contribution in [0.1, 0.15) is 29.7 Å². The van der Waals surface area contributed by atoms with Gasteiger partial charge in [0.15, 0.2) is 0 Å². The standard InChI is InChI=1S/C19H16F3NO4S/c1-13-10-17(27-28(25,26)19(20,21)22)11-18(24)23(13)12-16-8-6-15(7-9-16)5-4-14-2-3-14/h6-11,14H,2-3,12H2,1H3. The Hall–Kier alpha value is -2.73. The lowest BCUT2D eigenvalue weighted by atomic mass is 10.1. The molecule has 1 aromatic carbocycles. The highest BCUT2D eigenvalue weighted by Crippen LogP contribution is 2.28. The van der Waals surface area contributed by atoms with Gasteiger partial charge in [0.1, 0.15) is 5.75 Å². The second-order valence-corrected chi connectivity index (χ2v) is 8.02. The van der Waals surface area contributed by atoms with E-state index in [1.165, 1.54) is 11.5 Å². The van der Waals surface area contributed by atoms with Crippen LogP contribution in [-0.2, 0) is 16.7 Å². The van der Waals surface area contributed by atoms with Gasteiger partial charge in [-0.3, -0.25) is 4.79 Å². The van der Waals surface area contributed by atoms with Crippen molar-refractivity contribution in [2.24, 2.45) is 5.92 Å². The largest absolute Gasteiger partial charge is 0.534 e. The van der Waals surface area contributed by atoms with Crippen LogP contribution < -0.4 is 9.74 Å². The SMILES string of the molecule is Cc1cc(OS(=O)(=O)C(F)(F)F)cc(=O)n1Cc1ccc(C#CC2CC2)cc1. The Labute approximate surface area is 159 Å². The molecule has 1 saturated carbocycles. The summed E-state index contributed by atoms with van der Waals surface area (Å²) in [4.78, 5) is 12.2. The van der Waals surface area contributed by atoms with Crippen LogP contribution in [0.3, 0.4) is 0 Å². The van der Waals surface area contributed by atoms with Crippen LogP contribution in [0.15, 0.2) is 41.2 Å². The lowest BCUT2D eigenvalue weighted by Gasteiger charge is -2.13. The molecule has 3 rings (SSSR count). The lowest BCUT2D eigenvalue weighted by molar-refractivity contribution is -0.0500. The quantitative estimate of drug-likeness (QED) is 0.440. The molecule has 1 aliphatic carbocycles. The first-order valence-corrected chi connectivity index (χ1v) is 9.79. The van der Waals surface area contributed by atoms with E-state index in [2.05, 4.69) is 16.0 Å². The Balaban J connectivity index is 1.78. The first-order valence-electron chi connectivity index (χ1n) is 8.38. The third kappa shape index (κ3) is 4.75. The molecule has 0 atom stereocenters. The van der Waals surface area contributed by atoms with Gasteiger partial charge in [0.25, 0.3) is 5.56 Å². The summed E-state index contributed by atoms with van der Waals surface area (Å²) in [6.45, 7) is 1.65. The molecule has 0 aliphatic heterocycles. The lowest BCUT2D eigenvalue weighted by Crippen LogP contribution is -2.29. The van der Waals surface area contributed by atoms with Crippen molar-refractivity contribution in [1.29, 1.82) is 0 Å². The Morgan fingerprint density at radius 2 is 1.82 bits per heavy atom. The minimum Gasteiger partial charge on any atom is -0.376 e. The molecule has 0 spiro atoms. The third-order valence-electron chi connectivity index (χ3n) is 4.09. The zero-order valence-electron chi connectivity index (χ0n) is 14.8. The predicted molar refractivity (Wildman–Crippen MR) is 96.2 cm³/mol. The van der Waals surface area contributed by atoms with Crippen molar-refractivity contribution in [2.45, 2.75) is 31.8 Å². The van der Waals surface area contributed by atoms with Gasteiger partial charge < -0.3 is 8.75 Å². The van der Waals surface area contributed by atoms with Crippen LogP contribution >= 0.6 is 0 Å². The Morgan fingerprint density at radius 1 is 1.18 bits per heavy atom. The molecule has 1 aliphatic rings. The molecule has 0 radical (unpaired) electrons. The van der Waals surface area contributed by atoms with Gasteiger partial charge in [-0.15, -0.1) is 0 Å². The number of benzene rings is 1. The van der Waals surface area contributed by atoms with Gasteiger partial charge in [-0.05, 0) is 37.5 Å². The first-order chi connectivity index (χ1) is 13.0.